The molecule has 1 aromatic rings. The number of urea groups is 1. The van der Waals surface area contributed by atoms with Crippen molar-refractivity contribution < 1.29 is 9.90 Å². The number of piperidine rings is 1. The molecule has 0 aliphatic carbocycles. The smallest absolute Gasteiger partial charge is 0.317 e. The summed E-state index contributed by atoms with van der Waals surface area (Å²) >= 11 is 0. The fourth-order valence-electron chi connectivity index (χ4n) is 2.83. The standard InChI is InChI=1S/C17H28N4O2/c1-17(2,23)13-20(3)16(22)19-12-14-7-8-18-15(11-14)21-9-5-4-6-10-21/h7-8,11,23H,4-6,9-10,12-13H2,1-3H3,(H,19,22). The predicted octanol–water partition coefficient (Wildman–Crippen LogP) is 1.98. The minimum absolute atomic E-state index is 0.191. The Morgan fingerprint density at radius 3 is 2.74 bits per heavy atom. The van der Waals surface area contributed by atoms with Gasteiger partial charge in [-0.3, -0.25) is 0 Å². The van der Waals surface area contributed by atoms with Crippen molar-refractivity contribution in [3.8, 4) is 0 Å². The first-order valence-corrected chi connectivity index (χ1v) is 8.26. The number of carbonyl (C=O) groups is 1. The average Bonchev–Trinajstić information content (AvgIpc) is 2.52. The van der Waals surface area contributed by atoms with Crippen LogP contribution in [-0.2, 0) is 6.54 Å². The molecule has 0 unspecified atom stereocenters. The summed E-state index contributed by atoms with van der Waals surface area (Å²) in [5.74, 6) is 0.987. The molecule has 128 valence electrons. The van der Waals surface area contributed by atoms with Crippen LogP contribution < -0.4 is 10.2 Å². The van der Waals surface area contributed by atoms with Crippen molar-refractivity contribution in [3.05, 3.63) is 23.9 Å². The minimum Gasteiger partial charge on any atom is -0.389 e. The quantitative estimate of drug-likeness (QED) is 0.870. The third kappa shape index (κ3) is 5.71. The average molecular weight is 320 g/mol. The Hall–Kier alpha value is -1.82. The second-order valence-electron chi connectivity index (χ2n) is 6.90. The number of rotatable bonds is 5. The molecule has 0 radical (unpaired) electrons. The molecular formula is C17H28N4O2. The minimum atomic E-state index is -0.899. The molecule has 2 rings (SSSR count). The van der Waals surface area contributed by atoms with Crippen LogP contribution in [0.5, 0.6) is 0 Å². The van der Waals surface area contributed by atoms with Gasteiger partial charge in [0.1, 0.15) is 5.82 Å². The van der Waals surface area contributed by atoms with Gasteiger partial charge in [0.2, 0.25) is 0 Å². The van der Waals surface area contributed by atoms with Crippen molar-refractivity contribution in [3.63, 3.8) is 0 Å². The van der Waals surface area contributed by atoms with E-state index in [4.69, 9.17) is 0 Å². The van der Waals surface area contributed by atoms with E-state index >= 15 is 0 Å². The lowest BCUT2D eigenvalue weighted by molar-refractivity contribution is 0.0531. The number of anilines is 1. The highest BCUT2D eigenvalue weighted by molar-refractivity contribution is 5.73. The van der Waals surface area contributed by atoms with E-state index in [0.29, 0.717) is 6.54 Å². The summed E-state index contributed by atoms with van der Waals surface area (Å²) in [6.45, 7) is 6.22. The molecule has 2 heterocycles. The van der Waals surface area contributed by atoms with Crippen LogP contribution in [0.2, 0.25) is 0 Å². The number of carbonyl (C=O) groups excluding carboxylic acids is 1. The molecular weight excluding hydrogens is 292 g/mol. The first-order chi connectivity index (χ1) is 10.8. The third-order valence-corrected chi connectivity index (χ3v) is 3.90. The van der Waals surface area contributed by atoms with E-state index in [9.17, 15) is 9.90 Å². The maximum absolute atomic E-state index is 12.1. The van der Waals surface area contributed by atoms with Crippen LogP contribution >= 0.6 is 0 Å². The van der Waals surface area contributed by atoms with Gasteiger partial charge in [-0.1, -0.05) is 0 Å². The Labute approximate surface area is 138 Å². The summed E-state index contributed by atoms with van der Waals surface area (Å²) in [5.41, 5.74) is 0.134. The van der Waals surface area contributed by atoms with E-state index in [-0.39, 0.29) is 12.6 Å². The van der Waals surface area contributed by atoms with Gasteiger partial charge in [-0.15, -0.1) is 0 Å². The molecule has 6 nitrogen and oxygen atoms in total. The zero-order chi connectivity index (χ0) is 16.9. The van der Waals surface area contributed by atoms with E-state index in [2.05, 4.69) is 15.2 Å². The Morgan fingerprint density at radius 2 is 2.09 bits per heavy atom. The maximum atomic E-state index is 12.1. The molecule has 0 atom stereocenters. The molecule has 0 bridgehead atoms. The first-order valence-electron chi connectivity index (χ1n) is 8.26. The monoisotopic (exact) mass is 320 g/mol. The van der Waals surface area contributed by atoms with Gasteiger partial charge in [0.05, 0.1) is 12.1 Å². The molecule has 0 aromatic carbocycles. The molecule has 1 aliphatic rings. The molecule has 23 heavy (non-hydrogen) atoms. The van der Waals surface area contributed by atoms with Gasteiger partial charge in [-0.25, -0.2) is 9.78 Å². The lowest BCUT2D eigenvalue weighted by atomic mass is 10.1. The number of nitrogens with one attached hydrogen (secondary N) is 1. The Kier molecular flexibility index (Phi) is 5.82. The molecule has 1 aromatic heterocycles. The van der Waals surface area contributed by atoms with Crippen molar-refractivity contribution in [2.24, 2.45) is 0 Å². The van der Waals surface area contributed by atoms with Gasteiger partial charge in [0.15, 0.2) is 0 Å². The predicted molar refractivity (Wildman–Crippen MR) is 91.5 cm³/mol. The van der Waals surface area contributed by atoms with Crippen LogP contribution in [0.3, 0.4) is 0 Å². The van der Waals surface area contributed by atoms with Gasteiger partial charge >= 0.3 is 6.03 Å². The number of pyridine rings is 1. The third-order valence-electron chi connectivity index (χ3n) is 3.90. The summed E-state index contributed by atoms with van der Waals surface area (Å²) in [7, 11) is 1.68. The number of nitrogens with zero attached hydrogens (tertiary/aromatic N) is 3. The zero-order valence-electron chi connectivity index (χ0n) is 14.4. The van der Waals surface area contributed by atoms with Gasteiger partial charge in [-0.2, -0.15) is 0 Å². The number of likely N-dealkylation sites (N-methyl/N-ethyl adjacent to an activating group) is 1. The molecule has 0 saturated carbocycles. The summed E-state index contributed by atoms with van der Waals surface area (Å²) in [4.78, 5) is 20.3. The number of hydrogen-bond donors (Lipinski definition) is 2. The van der Waals surface area contributed by atoms with Crippen molar-refractivity contribution in [1.82, 2.24) is 15.2 Å². The SMILES string of the molecule is CN(CC(C)(C)O)C(=O)NCc1ccnc(N2CCCCC2)c1. The first kappa shape index (κ1) is 17.5. The molecule has 1 saturated heterocycles. The second-order valence-corrected chi connectivity index (χ2v) is 6.90. The fourth-order valence-corrected chi connectivity index (χ4v) is 2.83. The van der Waals surface area contributed by atoms with Gasteiger partial charge in [0.25, 0.3) is 0 Å². The van der Waals surface area contributed by atoms with Crippen LogP contribution in [0, 0.1) is 0 Å². The van der Waals surface area contributed by atoms with Crippen molar-refractivity contribution in [1.29, 1.82) is 0 Å². The molecule has 2 N–H and O–H groups in total. The number of aliphatic hydroxyl groups is 1. The van der Waals surface area contributed by atoms with Crippen molar-refractivity contribution >= 4 is 11.8 Å². The Morgan fingerprint density at radius 1 is 1.39 bits per heavy atom. The zero-order valence-corrected chi connectivity index (χ0v) is 14.4. The van der Waals surface area contributed by atoms with Crippen LogP contribution in [0.25, 0.3) is 0 Å². The summed E-state index contributed by atoms with van der Waals surface area (Å²) in [5, 5.41) is 12.6. The number of hydrogen-bond acceptors (Lipinski definition) is 4. The lowest BCUT2D eigenvalue weighted by Crippen LogP contribution is -2.44. The van der Waals surface area contributed by atoms with E-state index in [0.717, 1.165) is 24.5 Å². The van der Waals surface area contributed by atoms with Crippen molar-refractivity contribution in [2.45, 2.75) is 45.3 Å². The van der Waals surface area contributed by atoms with E-state index in [1.165, 1.54) is 24.2 Å². The van der Waals surface area contributed by atoms with Crippen LogP contribution in [-0.4, -0.2) is 53.3 Å². The lowest BCUT2D eigenvalue weighted by Gasteiger charge is -2.28. The Balaban J connectivity index is 1.89. The summed E-state index contributed by atoms with van der Waals surface area (Å²) < 4.78 is 0. The van der Waals surface area contributed by atoms with E-state index in [1.54, 1.807) is 27.1 Å². The normalized spacial score (nSPS) is 15.4. The summed E-state index contributed by atoms with van der Waals surface area (Å²) in [6.07, 6.45) is 5.51. The molecule has 2 amide bonds. The van der Waals surface area contributed by atoms with E-state index < -0.39 is 5.60 Å². The van der Waals surface area contributed by atoms with Crippen LogP contribution in [0.4, 0.5) is 10.6 Å². The molecule has 6 heteroatoms. The Bertz CT molecular complexity index is 522. The van der Waals surface area contributed by atoms with E-state index in [1.807, 2.05) is 12.1 Å². The molecule has 0 spiro atoms. The number of amides is 2. The molecule has 1 aliphatic heterocycles. The summed E-state index contributed by atoms with van der Waals surface area (Å²) in [6, 6.07) is 3.77. The second kappa shape index (κ2) is 7.64. The number of aromatic nitrogens is 1. The largest absolute Gasteiger partial charge is 0.389 e. The van der Waals surface area contributed by atoms with Crippen molar-refractivity contribution in [2.75, 3.05) is 31.6 Å². The highest BCUT2D eigenvalue weighted by Gasteiger charge is 2.19. The van der Waals surface area contributed by atoms with Crippen LogP contribution in [0.1, 0.15) is 38.7 Å². The van der Waals surface area contributed by atoms with Gasteiger partial charge < -0.3 is 20.2 Å². The highest BCUT2D eigenvalue weighted by Crippen LogP contribution is 2.18. The van der Waals surface area contributed by atoms with Crippen LogP contribution in [0.15, 0.2) is 18.3 Å². The van der Waals surface area contributed by atoms with Gasteiger partial charge in [-0.05, 0) is 50.8 Å². The topological polar surface area (TPSA) is 68.7 Å². The molecule has 1 fully saturated rings. The fraction of sp³-hybridized carbons (Fsp3) is 0.647. The van der Waals surface area contributed by atoms with Gasteiger partial charge in [0, 0.05) is 32.9 Å². The highest BCUT2D eigenvalue weighted by atomic mass is 16.3. The maximum Gasteiger partial charge on any atom is 0.317 e.